The molecule has 0 saturated heterocycles. The van der Waals surface area contributed by atoms with Crippen LogP contribution in [-0.2, 0) is 6.54 Å². The summed E-state index contributed by atoms with van der Waals surface area (Å²) in [6.45, 7) is 0.547. The van der Waals surface area contributed by atoms with E-state index in [-0.39, 0.29) is 5.75 Å². The third-order valence-electron chi connectivity index (χ3n) is 3.28. The number of ether oxygens (including phenoxy) is 1. The molecule has 1 aromatic heterocycles. The van der Waals surface area contributed by atoms with Crippen molar-refractivity contribution in [3.8, 4) is 5.75 Å². The number of hydrogen-bond donors (Lipinski definition) is 0. The minimum Gasteiger partial charge on any atom is -0.406 e. The van der Waals surface area contributed by atoms with Gasteiger partial charge in [0, 0.05) is 31.0 Å². The van der Waals surface area contributed by atoms with Crippen molar-refractivity contribution < 1.29 is 17.9 Å². The Hall–Kier alpha value is -1.83. The van der Waals surface area contributed by atoms with Gasteiger partial charge in [-0.05, 0) is 30.5 Å². The Morgan fingerprint density at radius 2 is 1.95 bits per heavy atom. The van der Waals surface area contributed by atoms with E-state index in [9.17, 15) is 13.2 Å². The van der Waals surface area contributed by atoms with Gasteiger partial charge in [-0.25, -0.2) is 4.98 Å². The Morgan fingerprint density at radius 1 is 1.27 bits per heavy atom. The Labute approximate surface area is 129 Å². The zero-order valence-electron chi connectivity index (χ0n) is 11.8. The van der Waals surface area contributed by atoms with Gasteiger partial charge in [-0.3, -0.25) is 0 Å². The van der Waals surface area contributed by atoms with Crippen molar-refractivity contribution in [3.63, 3.8) is 0 Å². The van der Waals surface area contributed by atoms with Crippen molar-refractivity contribution in [2.45, 2.75) is 31.7 Å². The fourth-order valence-corrected chi connectivity index (χ4v) is 2.73. The minimum atomic E-state index is -4.66. The molecule has 4 nitrogen and oxygen atoms in total. The molecule has 1 aromatic carbocycles. The molecular formula is C14H14F3N3OS. The number of rotatable bonds is 5. The van der Waals surface area contributed by atoms with Crippen LogP contribution in [0.4, 0.5) is 18.3 Å². The molecule has 8 heteroatoms. The van der Waals surface area contributed by atoms with E-state index in [1.807, 2.05) is 11.9 Å². The third-order valence-corrected chi connectivity index (χ3v) is 4.12. The van der Waals surface area contributed by atoms with E-state index in [2.05, 4.69) is 14.1 Å². The van der Waals surface area contributed by atoms with Crippen LogP contribution in [0.3, 0.4) is 0 Å². The first-order valence-electron chi connectivity index (χ1n) is 6.80. The number of benzene rings is 1. The van der Waals surface area contributed by atoms with Gasteiger partial charge in [-0.15, -0.1) is 13.2 Å². The predicted molar refractivity (Wildman–Crippen MR) is 77.1 cm³/mol. The van der Waals surface area contributed by atoms with Crippen LogP contribution in [0.5, 0.6) is 5.75 Å². The molecule has 0 bridgehead atoms. The van der Waals surface area contributed by atoms with Gasteiger partial charge in [0.25, 0.3) is 0 Å². The Morgan fingerprint density at radius 3 is 2.55 bits per heavy atom. The zero-order chi connectivity index (χ0) is 15.7. The highest BCUT2D eigenvalue weighted by atomic mass is 32.1. The molecule has 1 saturated carbocycles. The number of nitrogens with zero attached hydrogens (tertiary/aromatic N) is 3. The molecule has 2 aromatic rings. The summed E-state index contributed by atoms with van der Waals surface area (Å²) in [5.74, 6) is 1.20. The van der Waals surface area contributed by atoms with Crippen LogP contribution in [0.25, 0.3) is 0 Å². The molecule has 1 fully saturated rings. The van der Waals surface area contributed by atoms with Gasteiger partial charge in [0.2, 0.25) is 5.13 Å². The standard InChI is InChI=1S/C14H14F3N3OS/c1-20(13-18-12(19-22-13)10-4-5-10)8-9-2-6-11(7-3-9)21-14(15,16)17/h2-3,6-7,10H,4-5,8H2,1H3. The van der Waals surface area contributed by atoms with E-state index in [0.717, 1.165) is 29.4 Å². The monoisotopic (exact) mass is 329 g/mol. The van der Waals surface area contributed by atoms with Gasteiger partial charge in [0.1, 0.15) is 11.6 Å². The van der Waals surface area contributed by atoms with Crippen LogP contribution in [0.1, 0.15) is 30.1 Å². The highest BCUT2D eigenvalue weighted by molar-refractivity contribution is 7.09. The second-order valence-corrected chi connectivity index (χ2v) is 5.99. The fourth-order valence-electron chi connectivity index (χ4n) is 2.03. The topological polar surface area (TPSA) is 38.2 Å². The van der Waals surface area contributed by atoms with Crippen molar-refractivity contribution >= 4 is 16.7 Å². The molecule has 1 aliphatic carbocycles. The number of anilines is 1. The summed E-state index contributed by atoms with van der Waals surface area (Å²) in [6, 6.07) is 5.85. The first-order chi connectivity index (χ1) is 10.4. The number of alkyl halides is 3. The molecule has 3 rings (SSSR count). The van der Waals surface area contributed by atoms with E-state index >= 15 is 0 Å². The third kappa shape index (κ3) is 3.88. The number of aromatic nitrogens is 2. The first-order valence-corrected chi connectivity index (χ1v) is 7.57. The van der Waals surface area contributed by atoms with Crippen LogP contribution in [0.2, 0.25) is 0 Å². The van der Waals surface area contributed by atoms with Crippen molar-refractivity contribution in [2.75, 3.05) is 11.9 Å². The molecule has 118 valence electrons. The van der Waals surface area contributed by atoms with Gasteiger partial charge in [0.15, 0.2) is 0 Å². The predicted octanol–water partition coefficient (Wildman–Crippen LogP) is 3.95. The molecule has 22 heavy (non-hydrogen) atoms. The summed E-state index contributed by atoms with van der Waals surface area (Å²) in [5.41, 5.74) is 0.875. The average Bonchev–Trinajstić information content (AvgIpc) is 3.17. The maximum absolute atomic E-state index is 12.1. The number of halogens is 3. The van der Waals surface area contributed by atoms with Crippen molar-refractivity contribution in [2.24, 2.45) is 0 Å². The summed E-state index contributed by atoms with van der Waals surface area (Å²) in [4.78, 5) is 6.43. The van der Waals surface area contributed by atoms with E-state index in [1.165, 1.54) is 23.7 Å². The highest BCUT2D eigenvalue weighted by Gasteiger charge is 2.31. The van der Waals surface area contributed by atoms with Gasteiger partial charge >= 0.3 is 6.36 Å². The van der Waals surface area contributed by atoms with E-state index in [4.69, 9.17) is 0 Å². The van der Waals surface area contributed by atoms with Gasteiger partial charge in [0.05, 0.1) is 0 Å². The molecule has 1 heterocycles. The quantitative estimate of drug-likeness (QED) is 0.832. The largest absolute Gasteiger partial charge is 0.573 e. The molecule has 0 unspecified atom stereocenters. The maximum atomic E-state index is 12.1. The minimum absolute atomic E-state index is 0.217. The molecule has 0 aliphatic heterocycles. The van der Waals surface area contributed by atoms with Crippen LogP contribution in [0, 0.1) is 0 Å². The summed E-state index contributed by atoms with van der Waals surface area (Å²) >= 11 is 1.35. The normalized spacial score (nSPS) is 14.9. The van der Waals surface area contributed by atoms with Crippen LogP contribution < -0.4 is 9.64 Å². The molecule has 1 aliphatic rings. The second-order valence-electron chi connectivity index (χ2n) is 5.26. The summed E-state index contributed by atoms with van der Waals surface area (Å²) < 4.78 is 44.5. The second kappa shape index (κ2) is 5.75. The van der Waals surface area contributed by atoms with Gasteiger partial charge in [-0.2, -0.15) is 4.37 Å². The lowest BCUT2D eigenvalue weighted by Crippen LogP contribution is -2.18. The van der Waals surface area contributed by atoms with Gasteiger partial charge < -0.3 is 9.64 Å². The Balaban J connectivity index is 1.61. The van der Waals surface area contributed by atoms with Crippen molar-refractivity contribution in [1.29, 1.82) is 0 Å². The van der Waals surface area contributed by atoms with Crippen molar-refractivity contribution in [3.05, 3.63) is 35.7 Å². The SMILES string of the molecule is CN(Cc1ccc(OC(F)(F)F)cc1)c1nc(C2CC2)ns1. The van der Waals surface area contributed by atoms with E-state index in [0.29, 0.717) is 12.5 Å². The maximum Gasteiger partial charge on any atom is 0.573 e. The van der Waals surface area contributed by atoms with Crippen LogP contribution >= 0.6 is 11.5 Å². The lowest BCUT2D eigenvalue weighted by Gasteiger charge is -2.15. The molecule has 0 atom stereocenters. The van der Waals surface area contributed by atoms with Crippen LogP contribution in [-0.4, -0.2) is 22.8 Å². The summed E-state index contributed by atoms with van der Waals surface area (Å²) in [7, 11) is 1.89. The first kappa shape index (κ1) is 15.1. The zero-order valence-corrected chi connectivity index (χ0v) is 12.6. The lowest BCUT2D eigenvalue weighted by atomic mass is 10.2. The van der Waals surface area contributed by atoms with Crippen LogP contribution in [0.15, 0.2) is 24.3 Å². The number of hydrogen-bond acceptors (Lipinski definition) is 5. The fraction of sp³-hybridized carbons (Fsp3) is 0.429. The molecule has 0 amide bonds. The molecular weight excluding hydrogens is 315 g/mol. The Kier molecular flexibility index (Phi) is 3.94. The average molecular weight is 329 g/mol. The van der Waals surface area contributed by atoms with Gasteiger partial charge in [-0.1, -0.05) is 12.1 Å². The van der Waals surface area contributed by atoms with E-state index in [1.54, 1.807) is 12.1 Å². The van der Waals surface area contributed by atoms with E-state index < -0.39 is 6.36 Å². The summed E-state index contributed by atoms with van der Waals surface area (Å²) in [5, 5.41) is 0.817. The molecule has 0 spiro atoms. The molecule has 0 radical (unpaired) electrons. The molecule has 0 N–H and O–H groups in total. The van der Waals surface area contributed by atoms with Crippen molar-refractivity contribution in [1.82, 2.24) is 9.36 Å². The highest BCUT2D eigenvalue weighted by Crippen LogP contribution is 2.39. The Bertz CT molecular complexity index is 638. The smallest absolute Gasteiger partial charge is 0.406 e. The lowest BCUT2D eigenvalue weighted by molar-refractivity contribution is -0.274. The summed E-state index contributed by atoms with van der Waals surface area (Å²) in [6.07, 6.45) is -2.36.